The molecule has 5 rings (SSSR count). The Morgan fingerprint density at radius 3 is 2.72 bits per heavy atom. The first kappa shape index (κ1) is 23.5. The smallest absolute Gasteiger partial charge is 0.255 e. The van der Waals surface area contributed by atoms with Crippen molar-refractivity contribution in [1.82, 2.24) is 14.6 Å². The van der Waals surface area contributed by atoms with Gasteiger partial charge in [-0.2, -0.15) is 10.4 Å². The number of benzene rings is 2. The summed E-state index contributed by atoms with van der Waals surface area (Å²) < 4.78 is 7.33. The maximum Gasteiger partial charge on any atom is 0.255 e. The van der Waals surface area contributed by atoms with Crippen LogP contribution < -0.4 is 10.2 Å². The van der Waals surface area contributed by atoms with Crippen molar-refractivity contribution in [3.05, 3.63) is 77.6 Å². The fraction of sp³-hybridized carbons (Fsp3) is 0.286. The number of amides is 1. The van der Waals surface area contributed by atoms with Crippen molar-refractivity contribution >= 4 is 22.9 Å². The van der Waals surface area contributed by atoms with Crippen molar-refractivity contribution < 1.29 is 9.53 Å². The summed E-state index contributed by atoms with van der Waals surface area (Å²) in [6, 6.07) is 17.4. The maximum absolute atomic E-state index is 13.1. The van der Waals surface area contributed by atoms with Crippen LogP contribution in [0, 0.1) is 18.3 Å². The number of anilines is 2. The number of nitrogens with zero attached hydrogens (tertiary/aromatic N) is 5. The number of morpholine rings is 1. The van der Waals surface area contributed by atoms with E-state index in [0.717, 1.165) is 46.8 Å². The van der Waals surface area contributed by atoms with E-state index >= 15 is 0 Å². The molecular weight excluding hydrogens is 452 g/mol. The number of imidazole rings is 1. The van der Waals surface area contributed by atoms with Crippen molar-refractivity contribution in [3.63, 3.8) is 0 Å². The highest BCUT2D eigenvalue weighted by atomic mass is 16.5. The Morgan fingerprint density at radius 2 is 1.94 bits per heavy atom. The Balaban J connectivity index is 1.47. The van der Waals surface area contributed by atoms with Crippen LogP contribution in [0.4, 0.5) is 11.4 Å². The quantitative estimate of drug-likeness (QED) is 0.449. The number of rotatable bonds is 5. The third kappa shape index (κ3) is 4.53. The van der Waals surface area contributed by atoms with Crippen molar-refractivity contribution in [2.24, 2.45) is 0 Å². The first-order valence-electron chi connectivity index (χ1n) is 12.0. The number of ether oxygens (including phenoxy) is 1. The maximum atomic E-state index is 13.1. The minimum Gasteiger partial charge on any atom is -0.378 e. The van der Waals surface area contributed by atoms with Crippen molar-refractivity contribution in [3.8, 4) is 17.3 Å². The van der Waals surface area contributed by atoms with Crippen molar-refractivity contribution in [2.45, 2.75) is 26.2 Å². The van der Waals surface area contributed by atoms with E-state index in [-0.39, 0.29) is 5.91 Å². The Morgan fingerprint density at radius 1 is 1.14 bits per heavy atom. The molecule has 0 spiro atoms. The lowest BCUT2D eigenvalue weighted by Crippen LogP contribution is -2.36. The van der Waals surface area contributed by atoms with Crippen LogP contribution in [0.25, 0.3) is 16.9 Å². The number of hydrogen-bond donors (Lipinski definition) is 1. The Labute approximate surface area is 210 Å². The summed E-state index contributed by atoms with van der Waals surface area (Å²) in [7, 11) is 0. The van der Waals surface area contributed by atoms with E-state index in [9.17, 15) is 10.1 Å². The molecule has 1 fully saturated rings. The van der Waals surface area contributed by atoms with Gasteiger partial charge in [-0.3, -0.25) is 4.79 Å². The third-order valence-corrected chi connectivity index (χ3v) is 6.59. The van der Waals surface area contributed by atoms with Gasteiger partial charge >= 0.3 is 0 Å². The predicted molar refractivity (Wildman–Crippen MR) is 139 cm³/mol. The lowest BCUT2D eigenvalue weighted by Gasteiger charge is -2.29. The van der Waals surface area contributed by atoms with E-state index in [0.29, 0.717) is 24.5 Å². The van der Waals surface area contributed by atoms with E-state index < -0.39 is 5.41 Å². The molecule has 1 amide bonds. The second-order valence-corrected chi connectivity index (χ2v) is 9.51. The molecule has 8 heteroatoms. The normalized spacial score (nSPS) is 14.0. The van der Waals surface area contributed by atoms with Crippen LogP contribution in [-0.2, 0) is 10.2 Å². The topological polar surface area (TPSA) is 95.5 Å². The van der Waals surface area contributed by atoms with E-state index in [4.69, 9.17) is 9.84 Å². The van der Waals surface area contributed by atoms with Gasteiger partial charge in [0.15, 0.2) is 5.65 Å². The molecule has 0 radical (unpaired) electrons. The monoisotopic (exact) mass is 480 g/mol. The average Bonchev–Trinajstić information content (AvgIpc) is 3.38. The van der Waals surface area contributed by atoms with Crippen molar-refractivity contribution in [1.29, 1.82) is 5.26 Å². The highest BCUT2D eigenvalue weighted by molar-refractivity contribution is 6.04. The van der Waals surface area contributed by atoms with Crippen LogP contribution in [-0.4, -0.2) is 46.8 Å². The summed E-state index contributed by atoms with van der Waals surface area (Å²) in [6.45, 7) is 8.65. The van der Waals surface area contributed by atoms with Crippen molar-refractivity contribution in [2.75, 3.05) is 36.5 Å². The van der Waals surface area contributed by atoms with Gasteiger partial charge in [-0.25, -0.2) is 9.50 Å². The minimum absolute atomic E-state index is 0.229. The highest BCUT2D eigenvalue weighted by Crippen LogP contribution is 2.31. The molecule has 0 bridgehead atoms. The highest BCUT2D eigenvalue weighted by Gasteiger charge is 2.21. The summed E-state index contributed by atoms with van der Waals surface area (Å²) in [4.78, 5) is 19.9. The molecule has 182 valence electrons. The molecule has 2 aromatic heterocycles. The molecule has 1 aliphatic heterocycles. The van der Waals surface area contributed by atoms with Gasteiger partial charge in [0, 0.05) is 42.3 Å². The van der Waals surface area contributed by atoms with Crippen LogP contribution in [0.5, 0.6) is 0 Å². The number of hydrogen-bond acceptors (Lipinski definition) is 6. The van der Waals surface area contributed by atoms with Gasteiger partial charge in [0.25, 0.3) is 5.91 Å². The number of aryl methyl sites for hydroxylation is 1. The predicted octanol–water partition coefficient (Wildman–Crippen LogP) is 4.59. The second-order valence-electron chi connectivity index (χ2n) is 9.51. The molecule has 3 heterocycles. The summed E-state index contributed by atoms with van der Waals surface area (Å²) >= 11 is 0. The Kier molecular flexibility index (Phi) is 6.17. The number of fused-ring (bicyclic) bond motifs is 1. The Bertz CT molecular complexity index is 1480. The lowest BCUT2D eigenvalue weighted by molar-refractivity contribution is 0.102. The van der Waals surface area contributed by atoms with Crippen LogP contribution >= 0.6 is 0 Å². The molecule has 0 unspecified atom stereocenters. The number of nitrogens with one attached hydrogen (secondary N) is 1. The number of nitriles is 1. The van der Waals surface area contributed by atoms with Crippen LogP contribution in [0.15, 0.2) is 60.9 Å². The van der Waals surface area contributed by atoms with Gasteiger partial charge in [-0.15, -0.1) is 0 Å². The number of carbonyl (C=O) groups is 1. The number of carbonyl (C=O) groups excluding carboxylic acids is 1. The molecule has 1 aliphatic rings. The van der Waals surface area contributed by atoms with Crippen LogP contribution in [0.2, 0.25) is 0 Å². The largest absolute Gasteiger partial charge is 0.378 e. The third-order valence-electron chi connectivity index (χ3n) is 6.59. The molecule has 1 N–H and O–H groups in total. The Hall–Kier alpha value is -4.22. The fourth-order valence-electron chi connectivity index (χ4n) is 4.36. The lowest BCUT2D eigenvalue weighted by atomic mass is 9.85. The molecule has 36 heavy (non-hydrogen) atoms. The van der Waals surface area contributed by atoms with Gasteiger partial charge in [-0.1, -0.05) is 18.2 Å². The zero-order valence-corrected chi connectivity index (χ0v) is 20.7. The molecule has 0 saturated carbocycles. The molecule has 0 atom stereocenters. The van der Waals surface area contributed by atoms with E-state index in [1.165, 1.54) is 0 Å². The van der Waals surface area contributed by atoms with Crippen LogP contribution in [0.1, 0.15) is 35.3 Å². The van der Waals surface area contributed by atoms with Gasteiger partial charge in [-0.05, 0) is 62.2 Å². The molecule has 4 aromatic rings. The summed E-state index contributed by atoms with van der Waals surface area (Å²) in [5.41, 5.74) is 5.90. The second kappa shape index (κ2) is 9.44. The first-order chi connectivity index (χ1) is 17.4. The zero-order chi connectivity index (χ0) is 25.3. The van der Waals surface area contributed by atoms with Gasteiger partial charge in [0.05, 0.1) is 36.1 Å². The van der Waals surface area contributed by atoms with Gasteiger partial charge < -0.3 is 15.0 Å². The summed E-state index contributed by atoms with van der Waals surface area (Å²) in [5, 5.41) is 17.3. The molecule has 8 nitrogen and oxygen atoms in total. The van der Waals surface area contributed by atoms with Gasteiger partial charge in [0.1, 0.15) is 0 Å². The van der Waals surface area contributed by atoms with E-state index in [1.54, 1.807) is 28.9 Å². The molecule has 1 saturated heterocycles. The van der Waals surface area contributed by atoms with Gasteiger partial charge in [0.2, 0.25) is 0 Å². The number of aromatic nitrogens is 3. The minimum atomic E-state index is -0.677. The summed E-state index contributed by atoms with van der Waals surface area (Å²) in [5.74, 6) is -0.229. The molecule has 2 aromatic carbocycles. The average molecular weight is 481 g/mol. The molecule has 0 aliphatic carbocycles. The van der Waals surface area contributed by atoms with Crippen LogP contribution in [0.3, 0.4) is 0 Å². The molecular formula is C28H28N6O2. The first-order valence-corrected chi connectivity index (χ1v) is 12.0. The SMILES string of the molecule is Cc1ccc(NC(=O)c2cccc(C(C)(C)C#N)c2)cc1-c1cc(N2CCOCC2)c2nccn2n1. The fourth-order valence-corrected chi connectivity index (χ4v) is 4.36. The van der Waals surface area contributed by atoms with E-state index in [1.807, 2.05) is 51.2 Å². The zero-order valence-electron chi connectivity index (χ0n) is 20.7. The standard InChI is InChI=1S/C28H28N6O2/c1-19-7-8-22(31-27(35)20-5-4-6-21(15-20)28(2,3)18-29)16-23(19)24-17-25(33-11-13-36-14-12-33)26-30-9-10-34(26)32-24/h4-10,15-17H,11-14H2,1-3H3,(H,31,35). The van der Waals surface area contributed by atoms with E-state index in [2.05, 4.69) is 27.3 Å². The summed E-state index contributed by atoms with van der Waals surface area (Å²) in [6.07, 6.45) is 3.60.